The summed E-state index contributed by atoms with van der Waals surface area (Å²) in [5.74, 6) is -5.19. The third-order valence-corrected chi connectivity index (χ3v) is 2.92. The van der Waals surface area contributed by atoms with E-state index in [0.29, 0.717) is 4.88 Å². The minimum absolute atomic E-state index is 0.0692. The van der Waals surface area contributed by atoms with Gasteiger partial charge < -0.3 is 10.4 Å². The Morgan fingerprint density at radius 3 is 2.59 bits per heavy atom. The molecular formula is C9H9F4NO2S. The van der Waals surface area contributed by atoms with Crippen LogP contribution in [0.1, 0.15) is 14.5 Å². The molecule has 0 aliphatic rings. The van der Waals surface area contributed by atoms with Gasteiger partial charge in [0.1, 0.15) is 4.88 Å². The van der Waals surface area contributed by atoms with E-state index >= 15 is 0 Å². The lowest BCUT2D eigenvalue weighted by Gasteiger charge is -2.15. The van der Waals surface area contributed by atoms with E-state index in [0.717, 1.165) is 11.3 Å². The molecule has 0 aromatic carbocycles. The average molecular weight is 271 g/mol. The summed E-state index contributed by atoms with van der Waals surface area (Å²) >= 11 is 0.906. The highest BCUT2D eigenvalue weighted by Gasteiger charge is 2.39. The number of nitrogens with one attached hydrogen (secondary N) is 1. The summed E-state index contributed by atoms with van der Waals surface area (Å²) in [5.41, 5.74) is 0. The molecule has 1 aromatic heterocycles. The van der Waals surface area contributed by atoms with E-state index < -0.39 is 24.9 Å². The maximum atomic E-state index is 12.5. The molecule has 0 radical (unpaired) electrons. The number of carbonyl (C=O) groups is 1. The van der Waals surface area contributed by atoms with Gasteiger partial charge in [-0.1, -0.05) is 0 Å². The van der Waals surface area contributed by atoms with Crippen LogP contribution in [0.5, 0.6) is 0 Å². The quantitative estimate of drug-likeness (QED) is 0.781. The van der Waals surface area contributed by atoms with Crippen molar-refractivity contribution in [2.45, 2.75) is 18.9 Å². The summed E-state index contributed by atoms with van der Waals surface area (Å²) < 4.78 is 48.5. The second-order valence-corrected chi connectivity index (χ2v) is 4.40. The standard InChI is InChI=1S/C9H9F4NO2S/c10-8(11)9(12,13)4-14-3-5-1-2-6(17-5)7(15)16/h1-2,8,14H,3-4H2,(H,15,16). The zero-order chi connectivity index (χ0) is 13.1. The van der Waals surface area contributed by atoms with E-state index in [-0.39, 0.29) is 11.4 Å². The van der Waals surface area contributed by atoms with Crippen LogP contribution in [0.3, 0.4) is 0 Å². The monoisotopic (exact) mass is 271 g/mol. The molecule has 0 fully saturated rings. The van der Waals surface area contributed by atoms with Crippen molar-refractivity contribution >= 4 is 17.3 Å². The molecule has 0 amide bonds. The second kappa shape index (κ2) is 5.46. The fourth-order valence-electron chi connectivity index (χ4n) is 1.02. The van der Waals surface area contributed by atoms with Crippen molar-refractivity contribution in [3.8, 4) is 0 Å². The predicted octanol–water partition coefficient (Wildman–Crippen LogP) is 2.44. The Kier molecular flexibility index (Phi) is 4.47. The Balaban J connectivity index is 2.43. The molecule has 0 bridgehead atoms. The largest absolute Gasteiger partial charge is 0.477 e. The van der Waals surface area contributed by atoms with Gasteiger partial charge in [0, 0.05) is 11.4 Å². The topological polar surface area (TPSA) is 49.3 Å². The molecule has 17 heavy (non-hydrogen) atoms. The van der Waals surface area contributed by atoms with Crippen LogP contribution in [-0.4, -0.2) is 30.0 Å². The summed E-state index contributed by atoms with van der Waals surface area (Å²) in [6.07, 6.45) is -3.71. The Labute approximate surface area is 98.1 Å². The van der Waals surface area contributed by atoms with Crippen molar-refractivity contribution in [2.75, 3.05) is 6.54 Å². The molecule has 1 rings (SSSR count). The van der Waals surface area contributed by atoms with Crippen LogP contribution >= 0.6 is 11.3 Å². The minimum Gasteiger partial charge on any atom is -0.477 e. The van der Waals surface area contributed by atoms with E-state index in [1.54, 1.807) is 0 Å². The van der Waals surface area contributed by atoms with Crippen LogP contribution in [0.15, 0.2) is 12.1 Å². The Morgan fingerprint density at radius 2 is 2.12 bits per heavy atom. The maximum Gasteiger partial charge on any atom is 0.345 e. The molecule has 96 valence electrons. The molecule has 0 saturated carbocycles. The third kappa shape index (κ3) is 3.97. The maximum absolute atomic E-state index is 12.5. The average Bonchev–Trinajstić information content (AvgIpc) is 2.66. The first kappa shape index (κ1) is 13.9. The van der Waals surface area contributed by atoms with Gasteiger partial charge in [0.2, 0.25) is 0 Å². The van der Waals surface area contributed by atoms with Crippen molar-refractivity contribution in [2.24, 2.45) is 0 Å². The van der Waals surface area contributed by atoms with E-state index in [9.17, 15) is 22.4 Å². The summed E-state index contributed by atoms with van der Waals surface area (Å²) in [6.45, 7) is -1.22. The smallest absolute Gasteiger partial charge is 0.345 e. The molecule has 1 aromatic rings. The number of thiophene rings is 1. The van der Waals surface area contributed by atoms with Gasteiger partial charge in [-0.25, -0.2) is 13.6 Å². The number of carboxylic acid groups (broad SMARTS) is 1. The highest BCUT2D eigenvalue weighted by atomic mass is 32.1. The van der Waals surface area contributed by atoms with Gasteiger partial charge >= 0.3 is 18.3 Å². The predicted molar refractivity (Wildman–Crippen MR) is 53.9 cm³/mol. The van der Waals surface area contributed by atoms with Crippen molar-refractivity contribution in [3.63, 3.8) is 0 Å². The number of halogens is 4. The SMILES string of the molecule is O=C(O)c1ccc(CNCC(F)(F)C(F)F)s1. The zero-order valence-electron chi connectivity index (χ0n) is 8.42. The first-order valence-corrected chi connectivity index (χ1v) is 5.33. The van der Waals surface area contributed by atoms with Crippen molar-refractivity contribution < 1.29 is 27.5 Å². The van der Waals surface area contributed by atoms with Gasteiger partial charge in [-0.3, -0.25) is 0 Å². The number of hydrogen-bond acceptors (Lipinski definition) is 3. The molecule has 0 unspecified atom stereocenters. The number of hydrogen-bond donors (Lipinski definition) is 2. The van der Waals surface area contributed by atoms with Gasteiger partial charge in [0.05, 0.1) is 6.54 Å². The van der Waals surface area contributed by atoms with Crippen molar-refractivity contribution in [1.82, 2.24) is 5.32 Å². The Morgan fingerprint density at radius 1 is 1.47 bits per heavy atom. The summed E-state index contributed by atoms with van der Waals surface area (Å²) in [6, 6.07) is 2.77. The molecule has 0 aliphatic heterocycles. The number of alkyl halides is 4. The fraction of sp³-hybridized carbons (Fsp3) is 0.444. The Bertz CT molecular complexity index is 394. The van der Waals surface area contributed by atoms with E-state index in [2.05, 4.69) is 5.32 Å². The molecule has 3 nitrogen and oxygen atoms in total. The molecular weight excluding hydrogens is 262 g/mol. The molecule has 8 heteroatoms. The van der Waals surface area contributed by atoms with Gasteiger partial charge in [-0.2, -0.15) is 8.78 Å². The van der Waals surface area contributed by atoms with Crippen LogP contribution in [-0.2, 0) is 6.54 Å². The van der Waals surface area contributed by atoms with Gasteiger partial charge in [0.15, 0.2) is 0 Å². The summed E-state index contributed by atoms with van der Waals surface area (Å²) in [5, 5.41) is 10.8. The van der Waals surface area contributed by atoms with Gasteiger partial charge in [0.25, 0.3) is 0 Å². The Hall–Kier alpha value is -1.15. The lowest BCUT2D eigenvalue weighted by molar-refractivity contribution is -0.125. The minimum atomic E-state index is -4.08. The number of rotatable bonds is 6. The second-order valence-electron chi connectivity index (χ2n) is 3.24. The summed E-state index contributed by atoms with van der Waals surface area (Å²) in [7, 11) is 0. The third-order valence-electron chi connectivity index (χ3n) is 1.85. The fourth-order valence-corrected chi connectivity index (χ4v) is 1.83. The number of aromatic carboxylic acids is 1. The molecule has 0 saturated heterocycles. The lowest BCUT2D eigenvalue weighted by Crippen LogP contribution is -2.38. The highest BCUT2D eigenvalue weighted by molar-refractivity contribution is 7.13. The first-order valence-electron chi connectivity index (χ1n) is 4.51. The van der Waals surface area contributed by atoms with Crippen LogP contribution in [0, 0.1) is 0 Å². The van der Waals surface area contributed by atoms with E-state index in [1.807, 2.05) is 0 Å². The normalized spacial score (nSPS) is 12.1. The van der Waals surface area contributed by atoms with Crippen molar-refractivity contribution in [1.29, 1.82) is 0 Å². The van der Waals surface area contributed by atoms with Gasteiger partial charge in [-0.15, -0.1) is 11.3 Å². The zero-order valence-corrected chi connectivity index (χ0v) is 9.24. The number of carboxylic acids is 1. The van der Waals surface area contributed by atoms with Crippen LogP contribution in [0.4, 0.5) is 17.6 Å². The molecule has 0 spiro atoms. The molecule has 1 heterocycles. The van der Waals surface area contributed by atoms with E-state index in [4.69, 9.17) is 5.11 Å². The van der Waals surface area contributed by atoms with E-state index in [1.165, 1.54) is 12.1 Å². The van der Waals surface area contributed by atoms with Gasteiger partial charge in [-0.05, 0) is 12.1 Å². The first-order chi connectivity index (χ1) is 7.83. The van der Waals surface area contributed by atoms with Crippen LogP contribution < -0.4 is 5.32 Å². The molecule has 0 aliphatic carbocycles. The van der Waals surface area contributed by atoms with Crippen molar-refractivity contribution in [3.05, 3.63) is 21.9 Å². The lowest BCUT2D eigenvalue weighted by atomic mass is 10.3. The summed E-state index contributed by atoms with van der Waals surface area (Å²) in [4.78, 5) is 11.1. The van der Waals surface area contributed by atoms with Crippen LogP contribution in [0.2, 0.25) is 0 Å². The molecule has 2 N–H and O–H groups in total. The highest BCUT2D eigenvalue weighted by Crippen LogP contribution is 2.22. The molecule has 0 atom stereocenters. The van der Waals surface area contributed by atoms with Crippen LogP contribution in [0.25, 0.3) is 0 Å².